The predicted octanol–water partition coefficient (Wildman–Crippen LogP) is 3.09. The van der Waals surface area contributed by atoms with E-state index in [0.29, 0.717) is 18.5 Å². The van der Waals surface area contributed by atoms with E-state index in [1.165, 1.54) is 10.5 Å². The van der Waals surface area contributed by atoms with Crippen molar-refractivity contribution in [1.82, 2.24) is 5.32 Å². The van der Waals surface area contributed by atoms with E-state index < -0.39 is 0 Å². The molecule has 0 fully saturated rings. The zero-order valence-corrected chi connectivity index (χ0v) is 12.6. The summed E-state index contributed by atoms with van der Waals surface area (Å²) in [6.07, 6.45) is 0.581. The van der Waals surface area contributed by atoms with E-state index in [1.807, 2.05) is 42.5 Å². The second-order valence-corrected chi connectivity index (χ2v) is 5.68. The van der Waals surface area contributed by atoms with Gasteiger partial charge in [-0.3, -0.25) is 4.79 Å². The van der Waals surface area contributed by atoms with Gasteiger partial charge >= 0.3 is 0 Å². The number of aliphatic hydroxyl groups is 1. The Balaban J connectivity index is 1.85. The summed E-state index contributed by atoms with van der Waals surface area (Å²) in [6, 6.07) is 17.9. The molecule has 0 aromatic heterocycles. The molecule has 0 radical (unpaired) electrons. The van der Waals surface area contributed by atoms with Crippen LogP contribution in [0.4, 0.5) is 0 Å². The molecule has 2 rings (SSSR count). The quantitative estimate of drug-likeness (QED) is 0.610. The van der Waals surface area contributed by atoms with Crippen LogP contribution in [0.25, 0.3) is 0 Å². The Labute approximate surface area is 129 Å². The van der Waals surface area contributed by atoms with Crippen LogP contribution in [0, 0.1) is 0 Å². The maximum atomic E-state index is 11.8. The molecule has 0 atom stereocenters. The van der Waals surface area contributed by atoms with Gasteiger partial charge in [-0.25, -0.2) is 0 Å². The minimum atomic E-state index is -0.0919. The first-order chi connectivity index (χ1) is 10.3. The van der Waals surface area contributed by atoms with Crippen LogP contribution in [0.3, 0.4) is 0 Å². The first-order valence-corrected chi connectivity index (χ1v) is 7.94. The van der Waals surface area contributed by atoms with Crippen LogP contribution >= 0.6 is 11.8 Å². The molecule has 0 aliphatic heterocycles. The van der Waals surface area contributed by atoms with Gasteiger partial charge in [0.1, 0.15) is 0 Å². The van der Waals surface area contributed by atoms with Gasteiger partial charge in [0.2, 0.25) is 0 Å². The third-order valence-corrected chi connectivity index (χ3v) is 4.07. The van der Waals surface area contributed by atoms with Crippen molar-refractivity contribution in [2.45, 2.75) is 17.1 Å². The highest BCUT2D eigenvalue weighted by Crippen LogP contribution is 2.22. The van der Waals surface area contributed by atoms with Crippen LogP contribution in [0.15, 0.2) is 59.5 Å². The van der Waals surface area contributed by atoms with E-state index in [4.69, 9.17) is 5.11 Å². The van der Waals surface area contributed by atoms with E-state index >= 15 is 0 Å². The van der Waals surface area contributed by atoms with Crippen molar-refractivity contribution in [2.24, 2.45) is 0 Å². The summed E-state index contributed by atoms with van der Waals surface area (Å²) in [4.78, 5) is 13.1. The van der Waals surface area contributed by atoms with Gasteiger partial charge in [-0.15, -0.1) is 11.8 Å². The highest BCUT2D eigenvalue weighted by molar-refractivity contribution is 7.98. The molecule has 0 bridgehead atoms. The van der Waals surface area contributed by atoms with Gasteiger partial charge in [0.15, 0.2) is 0 Å². The Morgan fingerprint density at radius 2 is 1.76 bits per heavy atom. The van der Waals surface area contributed by atoms with Gasteiger partial charge in [-0.1, -0.05) is 30.3 Å². The van der Waals surface area contributed by atoms with Gasteiger partial charge in [-0.2, -0.15) is 0 Å². The fourth-order valence-corrected chi connectivity index (χ4v) is 2.69. The largest absolute Gasteiger partial charge is 0.396 e. The minimum Gasteiger partial charge on any atom is -0.396 e. The lowest BCUT2D eigenvalue weighted by Crippen LogP contribution is -2.24. The molecule has 2 N–H and O–H groups in total. The van der Waals surface area contributed by atoms with E-state index in [-0.39, 0.29) is 12.5 Å². The number of nitrogens with one attached hydrogen (secondary N) is 1. The highest BCUT2D eigenvalue weighted by Gasteiger charge is 2.04. The van der Waals surface area contributed by atoms with Crippen molar-refractivity contribution in [3.05, 3.63) is 65.7 Å². The molecule has 3 nitrogen and oxygen atoms in total. The number of hydrogen-bond donors (Lipinski definition) is 2. The van der Waals surface area contributed by atoms with Crippen LogP contribution in [0.5, 0.6) is 0 Å². The van der Waals surface area contributed by atoms with Gasteiger partial charge in [0, 0.05) is 29.4 Å². The first kappa shape index (κ1) is 15.6. The summed E-state index contributed by atoms with van der Waals surface area (Å²) in [7, 11) is 0. The fraction of sp³-hybridized carbons (Fsp3) is 0.235. The van der Waals surface area contributed by atoms with Crippen molar-refractivity contribution >= 4 is 17.7 Å². The lowest BCUT2D eigenvalue weighted by molar-refractivity contribution is 0.0951. The van der Waals surface area contributed by atoms with Crippen molar-refractivity contribution in [3.8, 4) is 0 Å². The highest BCUT2D eigenvalue weighted by atomic mass is 32.2. The van der Waals surface area contributed by atoms with Crippen LogP contribution in [0.2, 0.25) is 0 Å². The molecular formula is C17H19NO2S. The Morgan fingerprint density at radius 3 is 2.43 bits per heavy atom. The molecule has 0 saturated heterocycles. The monoisotopic (exact) mass is 301 g/mol. The molecule has 0 aliphatic carbocycles. The number of amides is 1. The molecule has 0 heterocycles. The number of carbonyl (C=O) groups excluding carboxylic acids is 1. The summed E-state index contributed by atoms with van der Waals surface area (Å²) < 4.78 is 0. The molecule has 0 spiro atoms. The van der Waals surface area contributed by atoms with E-state index in [0.717, 1.165) is 5.75 Å². The van der Waals surface area contributed by atoms with Gasteiger partial charge < -0.3 is 10.4 Å². The lowest BCUT2D eigenvalue weighted by Gasteiger charge is -2.06. The van der Waals surface area contributed by atoms with Crippen molar-refractivity contribution < 1.29 is 9.90 Å². The van der Waals surface area contributed by atoms with Crippen LogP contribution in [0.1, 0.15) is 22.3 Å². The van der Waals surface area contributed by atoms with Crippen LogP contribution in [-0.2, 0) is 5.75 Å². The minimum absolute atomic E-state index is 0.0919. The average molecular weight is 301 g/mol. The summed E-state index contributed by atoms with van der Waals surface area (Å²) >= 11 is 1.78. The summed E-state index contributed by atoms with van der Waals surface area (Å²) in [5.74, 6) is 0.793. The maximum absolute atomic E-state index is 11.8. The zero-order valence-electron chi connectivity index (χ0n) is 11.8. The molecule has 2 aromatic rings. The SMILES string of the molecule is O=C(NCCCO)c1ccc(CSc2ccccc2)cc1. The number of carbonyl (C=O) groups is 1. The van der Waals surface area contributed by atoms with E-state index in [9.17, 15) is 4.79 Å². The standard InChI is InChI=1S/C17H19NO2S/c19-12-4-11-18-17(20)15-9-7-14(8-10-15)13-21-16-5-2-1-3-6-16/h1-3,5-10,19H,4,11-13H2,(H,18,20). The Bertz CT molecular complexity index is 555. The molecule has 21 heavy (non-hydrogen) atoms. The smallest absolute Gasteiger partial charge is 0.251 e. The predicted molar refractivity (Wildman–Crippen MR) is 86.5 cm³/mol. The van der Waals surface area contributed by atoms with Crippen molar-refractivity contribution in [1.29, 1.82) is 0 Å². The number of rotatable bonds is 7. The van der Waals surface area contributed by atoms with Crippen LogP contribution in [-0.4, -0.2) is 24.2 Å². The number of benzene rings is 2. The zero-order chi connectivity index (χ0) is 14.9. The van der Waals surface area contributed by atoms with Gasteiger partial charge in [0.25, 0.3) is 5.91 Å². The van der Waals surface area contributed by atoms with E-state index in [1.54, 1.807) is 11.8 Å². The lowest BCUT2D eigenvalue weighted by atomic mass is 10.1. The molecular weight excluding hydrogens is 282 g/mol. The maximum Gasteiger partial charge on any atom is 0.251 e. The van der Waals surface area contributed by atoms with Crippen molar-refractivity contribution in [2.75, 3.05) is 13.2 Å². The summed E-state index contributed by atoms with van der Waals surface area (Å²) in [5.41, 5.74) is 1.84. The molecule has 2 aromatic carbocycles. The third kappa shape index (κ3) is 5.25. The Kier molecular flexibility index (Phi) is 6.31. The third-order valence-electron chi connectivity index (χ3n) is 2.99. The Hall–Kier alpha value is -1.78. The molecule has 110 valence electrons. The second-order valence-electron chi connectivity index (χ2n) is 4.63. The molecule has 0 unspecified atom stereocenters. The summed E-state index contributed by atoms with van der Waals surface area (Å²) in [5, 5.41) is 11.5. The fourth-order valence-electron chi connectivity index (χ4n) is 1.82. The molecule has 4 heteroatoms. The summed E-state index contributed by atoms with van der Waals surface area (Å²) in [6.45, 7) is 0.594. The number of hydrogen-bond acceptors (Lipinski definition) is 3. The molecule has 0 aliphatic rings. The molecule has 1 amide bonds. The topological polar surface area (TPSA) is 49.3 Å². The average Bonchev–Trinajstić information content (AvgIpc) is 2.54. The number of aliphatic hydroxyl groups excluding tert-OH is 1. The van der Waals surface area contributed by atoms with Crippen molar-refractivity contribution in [3.63, 3.8) is 0 Å². The normalized spacial score (nSPS) is 10.3. The first-order valence-electron chi connectivity index (χ1n) is 6.95. The van der Waals surface area contributed by atoms with Crippen LogP contribution < -0.4 is 5.32 Å². The molecule has 0 saturated carbocycles. The van der Waals surface area contributed by atoms with Gasteiger partial charge in [0.05, 0.1) is 0 Å². The van der Waals surface area contributed by atoms with Gasteiger partial charge in [-0.05, 0) is 36.2 Å². The van der Waals surface area contributed by atoms with E-state index in [2.05, 4.69) is 17.4 Å². The Morgan fingerprint density at radius 1 is 1.05 bits per heavy atom. The number of thioether (sulfide) groups is 1. The second kappa shape index (κ2) is 8.49.